The summed E-state index contributed by atoms with van der Waals surface area (Å²) in [6, 6.07) is 17.7. The molecule has 1 fully saturated rings. The van der Waals surface area contributed by atoms with Gasteiger partial charge in [0.2, 0.25) is 5.91 Å². The molecular weight excluding hydrogens is 437 g/mol. The first-order valence-electron chi connectivity index (χ1n) is 11.2. The summed E-state index contributed by atoms with van der Waals surface area (Å²) in [5.41, 5.74) is 3.01. The lowest BCUT2D eigenvalue weighted by Gasteiger charge is -2.29. The zero-order valence-electron chi connectivity index (χ0n) is 18.5. The number of hydrogen-bond acceptors (Lipinski definition) is 3. The Kier molecular flexibility index (Phi) is 7.62. The third-order valence-corrected chi connectivity index (χ3v) is 7.43. The fourth-order valence-corrected chi connectivity index (χ4v) is 5.23. The number of hydrogen-bond donors (Lipinski definition) is 2. The minimum atomic E-state index is -1.30. The Hall–Kier alpha value is -2.90. The van der Waals surface area contributed by atoms with Crippen LogP contribution < -0.4 is 10.0 Å². The Bertz CT molecular complexity index is 1080. The molecule has 1 heterocycles. The van der Waals surface area contributed by atoms with Crippen LogP contribution in [0.1, 0.15) is 44.2 Å². The molecule has 2 N–H and O–H groups in total. The molecule has 1 aromatic heterocycles. The summed E-state index contributed by atoms with van der Waals surface area (Å²) >= 11 is 0. The summed E-state index contributed by atoms with van der Waals surface area (Å²) in [6.45, 7) is 1.90. The second kappa shape index (κ2) is 10.8. The van der Waals surface area contributed by atoms with Gasteiger partial charge < -0.3 is 5.32 Å². The highest BCUT2D eigenvalue weighted by Gasteiger charge is 2.28. The van der Waals surface area contributed by atoms with Crippen molar-refractivity contribution < 1.29 is 13.4 Å². The third kappa shape index (κ3) is 6.12. The van der Waals surface area contributed by atoms with E-state index >= 15 is 0 Å². The van der Waals surface area contributed by atoms with Crippen molar-refractivity contribution in [3.63, 3.8) is 0 Å². The first-order valence-corrected chi connectivity index (χ1v) is 12.4. The minimum absolute atomic E-state index is 0.0260. The van der Waals surface area contributed by atoms with Crippen LogP contribution in [0.2, 0.25) is 0 Å². The first kappa shape index (κ1) is 23.3. The van der Waals surface area contributed by atoms with Gasteiger partial charge in [0.05, 0.1) is 10.9 Å². The highest BCUT2D eigenvalue weighted by Crippen LogP contribution is 2.27. The summed E-state index contributed by atoms with van der Waals surface area (Å²) in [6.07, 6.45) is 6.59. The summed E-state index contributed by atoms with van der Waals surface area (Å²) < 4.78 is 29.1. The Morgan fingerprint density at radius 3 is 2.18 bits per heavy atom. The van der Waals surface area contributed by atoms with Gasteiger partial charge in [-0.3, -0.25) is 9.78 Å². The van der Waals surface area contributed by atoms with Gasteiger partial charge in [0.1, 0.15) is 16.8 Å². The number of carbonyl (C=O) groups excluding carboxylic acids is 1. The predicted molar refractivity (Wildman–Crippen MR) is 128 cm³/mol. The van der Waals surface area contributed by atoms with Crippen LogP contribution in [0.3, 0.4) is 0 Å². The number of carbonyl (C=O) groups is 1. The van der Waals surface area contributed by atoms with Crippen molar-refractivity contribution in [2.45, 2.75) is 49.6 Å². The number of halogens is 1. The van der Waals surface area contributed by atoms with Crippen molar-refractivity contribution >= 4 is 16.9 Å². The van der Waals surface area contributed by atoms with Crippen molar-refractivity contribution in [2.24, 2.45) is 5.92 Å². The van der Waals surface area contributed by atoms with E-state index in [9.17, 15) is 13.4 Å². The molecule has 0 spiro atoms. The molecule has 0 radical (unpaired) electrons. The summed E-state index contributed by atoms with van der Waals surface area (Å²) in [4.78, 5) is 17.4. The van der Waals surface area contributed by atoms with Gasteiger partial charge >= 0.3 is 0 Å². The standard InChI is InChI=1S/C26H28FN3O2S/c1-18(19-2-8-23(27)9-3-19)29-26(31)22-4-10-24(11-5-22)30-33(32)25-12-6-20(7-13-25)21-14-16-28-17-15-21/h2-3,6-9,12-18,22,24,30H,4-5,10-11H2,1H3,(H,29,31)/t18-,22?,24?,33?/m1/s1. The molecule has 5 nitrogen and oxygen atoms in total. The van der Waals surface area contributed by atoms with E-state index in [0.717, 1.165) is 47.3 Å². The maximum absolute atomic E-state index is 13.1. The molecule has 1 unspecified atom stereocenters. The van der Waals surface area contributed by atoms with Crippen LogP contribution in [0.15, 0.2) is 78.0 Å². The van der Waals surface area contributed by atoms with E-state index in [1.54, 1.807) is 24.5 Å². The molecule has 7 heteroatoms. The van der Waals surface area contributed by atoms with Crippen LogP contribution in [0.25, 0.3) is 11.1 Å². The molecule has 0 bridgehead atoms. The average molecular weight is 466 g/mol. The van der Waals surface area contributed by atoms with E-state index in [-0.39, 0.29) is 29.7 Å². The van der Waals surface area contributed by atoms with E-state index in [4.69, 9.17) is 0 Å². The van der Waals surface area contributed by atoms with Gasteiger partial charge in [-0.25, -0.2) is 13.3 Å². The molecule has 0 aliphatic heterocycles. The Morgan fingerprint density at radius 1 is 0.939 bits per heavy atom. The van der Waals surface area contributed by atoms with Crippen LogP contribution in [-0.4, -0.2) is 21.1 Å². The van der Waals surface area contributed by atoms with Crippen molar-refractivity contribution in [2.75, 3.05) is 0 Å². The first-order chi connectivity index (χ1) is 16.0. The molecule has 1 amide bonds. The van der Waals surface area contributed by atoms with Crippen LogP contribution in [0, 0.1) is 11.7 Å². The Balaban J connectivity index is 1.25. The zero-order chi connectivity index (χ0) is 23.2. The predicted octanol–water partition coefficient (Wildman–Crippen LogP) is 4.94. The smallest absolute Gasteiger partial charge is 0.223 e. The van der Waals surface area contributed by atoms with Gasteiger partial charge in [-0.2, -0.15) is 0 Å². The van der Waals surface area contributed by atoms with Crippen molar-refractivity contribution in [3.05, 3.63) is 84.4 Å². The van der Waals surface area contributed by atoms with E-state index < -0.39 is 11.0 Å². The van der Waals surface area contributed by atoms with Gasteiger partial charge in [0.15, 0.2) is 0 Å². The molecule has 2 aromatic carbocycles. The van der Waals surface area contributed by atoms with Crippen molar-refractivity contribution in [3.8, 4) is 11.1 Å². The number of aromatic nitrogens is 1. The average Bonchev–Trinajstić information content (AvgIpc) is 2.85. The van der Waals surface area contributed by atoms with Crippen molar-refractivity contribution in [1.82, 2.24) is 15.0 Å². The topological polar surface area (TPSA) is 71.1 Å². The molecule has 2 atom stereocenters. The molecule has 3 aromatic rings. The van der Waals surface area contributed by atoms with Gasteiger partial charge in [-0.1, -0.05) is 24.3 Å². The molecule has 4 rings (SSSR count). The SMILES string of the molecule is C[C@@H](NC(=O)C1CCC(NS(=O)c2ccc(-c3ccncc3)cc2)CC1)c1ccc(F)cc1. The lowest BCUT2D eigenvalue weighted by atomic mass is 9.85. The largest absolute Gasteiger partial charge is 0.349 e. The maximum Gasteiger partial charge on any atom is 0.223 e. The molecule has 1 saturated carbocycles. The number of rotatable bonds is 7. The fraction of sp³-hybridized carbons (Fsp3) is 0.308. The molecule has 1 aliphatic carbocycles. The third-order valence-electron chi connectivity index (χ3n) is 6.18. The second-order valence-corrected chi connectivity index (χ2v) is 9.72. The van der Waals surface area contributed by atoms with Crippen molar-refractivity contribution in [1.29, 1.82) is 0 Å². The van der Waals surface area contributed by atoms with E-state index in [0.29, 0.717) is 0 Å². The highest BCUT2D eigenvalue weighted by atomic mass is 32.2. The van der Waals surface area contributed by atoms with Gasteiger partial charge in [-0.15, -0.1) is 0 Å². The highest BCUT2D eigenvalue weighted by molar-refractivity contribution is 7.83. The number of nitrogens with zero attached hydrogens (tertiary/aromatic N) is 1. The van der Waals surface area contributed by atoms with Gasteiger partial charge in [0.25, 0.3) is 0 Å². The van der Waals surface area contributed by atoms with Gasteiger partial charge in [-0.05, 0) is 85.7 Å². The van der Waals surface area contributed by atoms with E-state index in [1.807, 2.05) is 43.3 Å². The van der Waals surface area contributed by atoms with Crippen LogP contribution in [0.4, 0.5) is 4.39 Å². The molecule has 172 valence electrons. The second-order valence-electron chi connectivity index (χ2n) is 8.48. The molecule has 33 heavy (non-hydrogen) atoms. The maximum atomic E-state index is 13.1. The van der Waals surface area contributed by atoms with Crippen LogP contribution in [0.5, 0.6) is 0 Å². The Labute approximate surface area is 196 Å². The van der Waals surface area contributed by atoms with Gasteiger partial charge in [0, 0.05) is 24.4 Å². The quantitative estimate of drug-likeness (QED) is 0.519. The molecule has 1 aliphatic rings. The Morgan fingerprint density at radius 2 is 1.55 bits per heavy atom. The minimum Gasteiger partial charge on any atom is -0.349 e. The van der Waals surface area contributed by atoms with Crippen LogP contribution in [-0.2, 0) is 15.8 Å². The lowest BCUT2D eigenvalue weighted by Crippen LogP contribution is -2.39. The number of nitrogens with one attached hydrogen (secondary N) is 2. The van der Waals surface area contributed by atoms with E-state index in [1.165, 1.54) is 12.1 Å². The number of pyridine rings is 1. The normalized spacial score (nSPS) is 20.1. The summed E-state index contributed by atoms with van der Waals surface area (Å²) in [5.74, 6) is -0.317. The van der Waals surface area contributed by atoms with Crippen LogP contribution >= 0.6 is 0 Å². The lowest BCUT2D eigenvalue weighted by molar-refractivity contribution is -0.126. The molecule has 0 saturated heterocycles. The fourth-order valence-electron chi connectivity index (χ4n) is 4.17. The number of amides is 1. The molecular formula is C26H28FN3O2S. The van der Waals surface area contributed by atoms with E-state index in [2.05, 4.69) is 15.0 Å². The number of benzene rings is 2. The summed E-state index contributed by atoms with van der Waals surface area (Å²) in [5, 5.41) is 3.04. The summed E-state index contributed by atoms with van der Waals surface area (Å²) in [7, 11) is -1.30. The zero-order valence-corrected chi connectivity index (χ0v) is 19.4. The monoisotopic (exact) mass is 465 g/mol.